The zero-order valence-electron chi connectivity index (χ0n) is 16.7. The molecule has 1 amide bonds. The van der Waals surface area contributed by atoms with E-state index in [4.69, 9.17) is 4.74 Å². The van der Waals surface area contributed by atoms with Crippen molar-refractivity contribution in [2.75, 3.05) is 32.6 Å². The first kappa shape index (κ1) is 19.1. The maximum atomic E-state index is 12.7. The van der Waals surface area contributed by atoms with Gasteiger partial charge in [-0.25, -0.2) is 9.97 Å². The van der Waals surface area contributed by atoms with Crippen molar-refractivity contribution in [3.8, 4) is 5.75 Å². The van der Waals surface area contributed by atoms with Crippen LogP contribution in [-0.2, 0) is 24.2 Å². The third kappa shape index (κ3) is 4.56. The SMILES string of the molecule is COc1ccc(CCCC(=O)N2CCc3c(nc(C)nc3N(C)C)C2)cc1. The van der Waals surface area contributed by atoms with Gasteiger partial charge in [-0.3, -0.25) is 4.79 Å². The molecule has 0 fully saturated rings. The smallest absolute Gasteiger partial charge is 0.222 e. The Morgan fingerprint density at radius 1 is 1.22 bits per heavy atom. The minimum Gasteiger partial charge on any atom is -0.497 e. The van der Waals surface area contributed by atoms with Crippen LogP contribution in [0.15, 0.2) is 24.3 Å². The van der Waals surface area contributed by atoms with E-state index in [9.17, 15) is 4.79 Å². The number of fused-ring (bicyclic) bond motifs is 1. The number of ether oxygens (including phenoxy) is 1. The van der Waals surface area contributed by atoms with Crippen molar-refractivity contribution < 1.29 is 9.53 Å². The second kappa shape index (κ2) is 8.37. The van der Waals surface area contributed by atoms with E-state index >= 15 is 0 Å². The first-order valence-electron chi connectivity index (χ1n) is 9.42. The molecule has 0 saturated heterocycles. The van der Waals surface area contributed by atoms with Gasteiger partial charge in [0.25, 0.3) is 0 Å². The van der Waals surface area contributed by atoms with Crippen molar-refractivity contribution in [2.24, 2.45) is 0 Å². The standard InChI is InChI=1S/C21H28N4O2/c1-15-22-19-14-25(13-12-18(19)21(23-15)24(2)3)20(26)7-5-6-16-8-10-17(27-4)11-9-16/h8-11H,5-7,12-14H2,1-4H3. The Balaban J connectivity index is 1.57. The molecule has 6 nitrogen and oxygen atoms in total. The van der Waals surface area contributed by atoms with Crippen molar-refractivity contribution in [3.05, 3.63) is 46.9 Å². The first-order chi connectivity index (χ1) is 13.0. The third-order valence-corrected chi connectivity index (χ3v) is 4.95. The van der Waals surface area contributed by atoms with E-state index in [1.807, 2.05) is 43.0 Å². The van der Waals surface area contributed by atoms with Crippen LogP contribution in [0.1, 0.15) is 35.5 Å². The largest absolute Gasteiger partial charge is 0.497 e. The van der Waals surface area contributed by atoms with Crippen molar-refractivity contribution in [3.63, 3.8) is 0 Å². The van der Waals surface area contributed by atoms with Gasteiger partial charge in [0.15, 0.2) is 0 Å². The molecule has 0 spiro atoms. The number of hydrogen-bond donors (Lipinski definition) is 0. The number of benzene rings is 1. The Hall–Kier alpha value is -2.63. The Kier molecular flexibility index (Phi) is 5.94. The molecule has 0 unspecified atom stereocenters. The van der Waals surface area contributed by atoms with Gasteiger partial charge < -0.3 is 14.5 Å². The molecule has 3 rings (SSSR count). The molecule has 0 radical (unpaired) electrons. The number of carbonyl (C=O) groups is 1. The van der Waals surface area contributed by atoms with Crippen molar-refractivity contribution >= 4 is 11.7 Å². The molecule has 0 bridgehead atoms. The molecule has 6 heteroatoms. The van der Waals surface area contributed by atoms with Crippen LogP contribution < -0.4 is 9.64 Å². The molecule has 1 aliphatic rings. The molecule has 0 N–H and O–H groups in total. The molecule has 0 atom stereocenters. The lowest BCUT2D eigenvalue weighted by molar-refractivity contribution is -0.132. The molecular weight excluding hydrogens is 340 g/mol. The van der Waals surface area contributed by atoms with Gasteiger partial charge in [0.1, 0.15) is 17.4 Å². The van der Waals surface area contributed by atoms with E-state index in [-0.39, 0.29) is 5.91 Å². The fraction of sp³-hybridized carbons (Fsp3) is 0.476. The predicted octanol–water partition coefficient (Wildman–Crippen LogP) is 2.77. The first-order valence-corrected chi connectivity index (χ1v) is 9.42. The fourth-order valence-electron chi connectivity index (χ4n) is 3.51. The van der Waals surface area contributed by atoms with Gasteiger partial charge in [0, 0.05) is 32.6 Å². The minimum atomic E-state index is 0.205. The highest BCUT2D eigenvalue weighted by Crippen LogP contribution is 2.25. The summed E-state index contributed by atoms with van der Waals surface area (Å²) in [6.07, 6.45) is 3.12. The monoisotopic (exact) mass is 368 g/mol. The molecule has 2 aromatic rings. The van der Waals surface area contributed by atoms with E-state index in [0.717, 1.165) is 48.9 Å². The van der Waals surface area contributed by atoms with Gasteiger partial charge in [-0.05, 0) is 43.9 Å². The maximum Gasteiger partial charge on any atom is 0.222 e. The molecule has 0 saturated carbocycles. The number of methoxy groups -OCH3 is 1. The predicted molar refractivity (Wildman–Crippen MR) is 106 cm³/mol. The second-order valence-electron chi connectivity index (χ2n) is 7.18. The zero-order valence-corrected chi connectivity index (χ0v) is 16.7. The van der Waals surface area contributed by atoms with Crippen LogP contribution in [0.2, 0.25) is 0 Å². The molecule has 1 aliphatic heterocycles. The highest BCUT2D eigenvalue weighted by molar-refractivity contribution is 5.76. The van der Waals surface area contributed by atoms with E-state index in [1.165, 1.54) is 11.1 Å². The third-order valence-electron chi connectivity index (χ3n) is 4.95. The summed E-state index contributed by atoms with van der Waals surface area (Å²) in [6, 6.07) is 8.04. The fourth-order valence-corrected chi connectivity index (χ4v) is 3.51. The Morgan fingerprint density at radius 3 is 2.63 bits per heavy atom. The van der Waals surface area contributed by atoms with Crippen molar-refractivity contribution in [1.82, 2.24) is 14.9 Å². The van der Waals surface area contributed by atoms with E-state index < -0.39 is 0 Å². The lowest BCUT2D eigenvalue weighted by Gasteiger charge is -2.30. The number of carbonyl (C=O) groups excluding carboxylic acids is 1. The Morgan fingerprint density at radius 2 is 1.96 bits per heavy atom. The normalized spacial score (nSPS) is 13.3. The van der Waals surface area contributed by atoms with Crippen molar-refractivity contribution in [1.29, 1.82) is 0 Å². The zero-order chi connectivity index (χ0) is 19.4. The van der Waals surface area contributed by atoms with Crippen LogP contribution in [0.5, 0.6) is 5.75 Å². The summed E-state index contributed by atoms with van der Waals surface area (Å²) < 4.78 is 5.18. The molecule has 1 aromatic heterocycles. The number of amides is 1. The van der Waals surface area contributed by atoms with Crippen LogP contribution in [0.25, 0.3) is 0 Å². The average molecular weight is 368 g/mol. The van der Waals surface area contributed by atoms with E-state index in [1.54, 1.807) is 7.11 Å². The summed E-state index contributed by atoms with van der Waals surface area (Å²) in [5.41, 5.74) is 3.39. The minimum absolute atomic E-state index is 0.205. The highest BCUT2D eigenvalue weighted by atomic mass is 16.5. The van der Waals surface area contributed by atoms with Gasteiger partial charge in [-0.2, -0.15) is 0 Å². The number of hydrogen-bond acceptors (Lipinski definition) is 5. The lowest BCUT2D eigenvalue weighted by atomic mass is 10.0. The van der Waals surface area contributed by atoms with Crippen molar-refractivity contribution in [2.45, 2.75) is 39.2 Å². The molecule has 2 heterocycles. The van der Waals surface area contributed by atoms with E-state index in [0.29, 0.717) is 13.0 Å². The highest BCUT2D eigenvalue weighted by Gasteiger charge is 2.25. The molecule has 0 aliphatic carbocycles. The number of anilines is 1. The topological polar surface area (TPSA) is 58.6 Å². The lowest BCUT2D eigenvalue weighted by Crippen LogP contribution is -2.37. The van der Waals surface area contributed by atoms with Gasteiger partial charge >= 0.3 is 0 Å². The number of aromatic nitrogens is 2. The Bertz CT molecular complexity index is 803. The van der Waals surface area contributed by atoms with Crippen LogP contribution in [-0.4, -0.2) is 48.5 Å². The van der Waals surface area contributed by atoms with Crippen LogP contribution >= 0.6 is 0 Å². The number of nitrogens with zero attached hydrogens (tertiary/aromatic N) is 4. The summed E-state index contributed by atoms with van der Waals surface area (Å²) in [6.45, 7) is 3.23. The van der Waals surface area contributed by atoms with Gasteiger partial charge in [0.2, 0.25) is 5.91 Å². The molecule has 27 heavy (non-hydrogen) atoms. The number of rotatable bonds is 6. The summed E-state index contributed by atoms with van der Waals surface area (Å²) in [4.78, 5) is 25.8. The summed E-state index contributed by atoms with van der Waals surface area (Å²) in [7, 11) is 5.66. The number of aryl methyl sites for hydroxylation is 2. The van der Waals surface area contributed by atoms with Gasteiger partial charge in [-0.1, -0.05) is 12.1 Å². The van der Waals surface area contributed by atoms with Crippen LogP contribution in [0, 0.1) is 6.92 Å². The summed E-state index contributed by atoms with van der Waals surface area (Å²) >= 11 is 0. The molecule has 144 valence electrons. The second-order valence-corrected chi connectivity index (χ2v) is 7.18. The summed E-state index contributed by atoms with van der Waals surface area (Å²) in [5.74, 6) is 2.79. The summed E-state index contributed by atoms with van der Waals surface area (Å²) in [5, 5.41) is 0. The maximum absolute atomic E-state index is 12.7. The van der Waals surface area contributed by atoms with E-state index in [2.05, 4.69) is 22.1 Å². The molecule has 1 aromatic carbocycles. The van der Waals surface area contributed by atoms with Gasteiger partial charge in [0.05, 0.1) is 19.3 Å². The Labute approximate surface area is 161 Å². The van der Waals surface area contributed by atoms with Gasteiger partial charge in [-0.15, -0.1) is 0 Å². The molecular formula is C21H28N4O2. The quantitative estimate of drug-likeness (QED) is 0.785. The van der Waals surface area contributed by atoms with Crippen LogP contribution in [0.3, 0.4) is 0 Å². The average Bonchev–Trinajstić information content (AvgIpc) is 2.67. The van der Waals surface area contributed by atoms with Crippen LogP contribution in [0.4, 0.5) is 5.82 Å².